The predicted octanol–water partition coefficient (Wildman–Crippen LogP) is 1.58. The Labute approximate surface area is 87.3 Å². The lowest BCUT2D eigenvalue weighted by Crippen LogP contribution is -2.05. The number of nitro groups is 1. The van der Waals surface area contributed by atoms with E-state index >= 15 is 0 Å². The smallest absolute Gasteiger partial charge is 0.261 e. The molecule has 0 unspecified atom stereocenters. The number of hydrogen-bond acceptors (Lipinski definition) is 4. The summed E-state index contributed by atoms with van der Waals surface area (Å²) in [5.41, 5.74) is 0.755. The lowest BCUT2D eigenvalue weighted by molar-refractivity contribution is -0.386. The molecule has 80 valence electrons. The summed E-state index contributed by atoms with van der Waals surface area (Å²) in [4.78, 5) is 10.3. The third kappa shape index (κ3) is 2.13. The number of hydrogen-bond donors (Lipinski definition) is 0. The van der Waals surface area contributed by atoms with Gasteiger partial charge in [-0.1, -0.05) is 6.92 Å². The molecule has 0 aliphatic rings. The van der Waals surface area contributed by atoms with Crippen molar-refractivity contribution in [3.8, 4) is 6.07 Å². The molecule has 0 radical (unpaired) electrons. The van der Waals surface area contributed by atoms with Crippen LogP contribution in [0.4, 0.5) is 5.69 Å². The Hall–Kier alpha value is -1.90. The van der Waals surface area contributed by atoms with Gasteiger partial charge in [0.25, 0.3) is 0 Å². The van der Waals surface area contributed by atoms with Crippen LogP contribution in [-0.4, -0.2) is 14.7 Å². The highest BCUT2D eigenvalue weighted by Crippen LogP contribution is 2.23. The monoisotopic (exact) mass is 208 g/mol. The first-order chi connectivity index (χ1) is 7.11. The quantitative estimate of drug-likeness (QED) is 0.555. The van der Waals surface area contributed by atoms with Crippen LogP contribution in [0.1, 0.15) is 24.7 Å². The summed E-state index contributed by atoms with van der Waals surface area (Å²) in [6, 6.07) is 1.93. The van der Waals surface area contributed by atoms with E-state index in [9.17, 15) is 10.1 Å². The molecule has 0 saturated carbocycles. The molecule has 1 rings (SSSR count). The second-order valence-corrected chi connectivity index (χ2v) is 3.20. The van der Waals surface area contributed by atoms with E-state index in [1.54, 1.807) is 11.6 Å². The van der Waals surface area contributed by atoms with Crippen molar-refractivity contribution in [1.82, 2.24) is 9.78 Å². The number of nitriles is 1. The van der Waals surface area contributed by atoms with Crippen molar-refractivity contribution in [2.45, 2.75) is 33.2 Å². The lowest BCUT2D eigenvalue weighted by Gasteiger charge is -2.00. The molecule has 0 fully saturated rings. The van der Waals surface area contributed by atoms with Crippen LogP contribution in [0.5, 0.6) is 0 Å². The van der Waals surface area contributed by atoms with Crippen molar-refractivity contribution in [3.63, 3.8) is 0 Å². The van der Waals surface area contributed by atoms with E-state index in [0.717, 1.165) is 6.42 Å². The summed E-state index contributed by atoms with van der Waals surface area (Å²) in [5, 5.41) is 23.5. The Morgan fingerprint density at radius 2 is 2.33 bits per heavy atom. The highest BCUT2D eigenvalue weighted by Gasteiger charge is 2.24. The zero-order chi connectivity index (χ0) is 11.4. The van der Waals surface area contributed by atoms with Crippen molar-refractivity contribution < 1.29 is 4.92 Å². The summed E-state index contributed by atoms with van der Waals surface area (Å²) >= 11 is 0. The lowest BCUT2D eigenvalue weighted by atomic mass is 10.2. The van der Waals surface area contributed by atoms with Gasteiger partial charge in [-0.25, -0.2) is 0 Å². The molecule has 0 aromatic carbocycles. The van der Waals surface area contributed by atoms with Crippen molar-refractivity contribution in [2.24, 2.45) is 0 Å². The summed E-state index contributed by atoms with van der Waals surface area (Å²) < 4.78 is 1.55. The van der Waals surface area contributed by atoms with Crippen LogP contribution in [0.3, 0.4) is 0 Å². The first kappa shape index (κ1) is 11.2. The summed E-state index contributed by atoms with van der Waals surface area (Å²) in [5.74, 6) is 0. The highest BCUT2D eigenvalue weighted by molar-refractivity contribution is 5.41. The van der Waals surface area contributed by atoms with Gasteiger partial charge >= 0.3 is 5.69 Å². The van der Waals surface area contributed by atoms with E-state index in [2.05, 4.69) is 5.10 Å². The maximum absolute atomic E-state index is 10.8. The largest absolute Gasteiger partial charge is 0.314 e. The molecule has 15 heavy (non-hydrogen) atoms. The van der Waals surface area contributed by atoms with Crippen LogP contribution in [0.2, 0.25) is 0 Å². The van der Waals surface area contributed by atoms with Gasteiger partial charge in [0.05, 0.1) is 17.4 Å². The van der Waals surface area contributed by atoms with Crippen LogP contribution in [0.25, 0.3) is 0 Å². The van der Waals surface area contributed by atoms with Gasteiger partial charge in [0.15, 0.2) is 0 Å². The second-order valence-electron chi connectivity index (χ2n) is 3.20. The average molecular weight is 208 g/mol. The SMILES string of the molecule is CCCn1nc(C)c([N+](=O)[O-])c1CC#N. The standard InChI is InChI=1S/C9H12N4O2/c1-3-6-12-8(4-5-10)9(13(14)15)7(2)11-12/h3-4,6H2,1-2H3. The molecule has 0 spiro atoms. The zero-order valence-electron chi connectivity index (χ0n) is 8.73. The van der Waals surface area contributed by atoms with Crippen LogP contribution in [-0.2, 0) is 13.0 Å². The Balaban J connectivity index is 3.25. The van der Waals surface area contributed by atoms with E-state index in [0.29, 0.717) is 17.9 Å². The minimum absolute atomic E-state index is 0.0231. The Morgan fingerprint density at radius 1 is 1.67 bits per heavy atom. The Kier molecular flexibility index (Phi) is 3.39. The minimum Gasteiger partial charge on any atom is -0.261 e. The third-order valence-corrected chi connectivity index (χ3v) is 2.06. The van der Waals surface area contributed by atoms with Gasteiger partial charge in [0.1, 0.15) is 11.4 Å². The van der Waals surface area contributed by atoms with Gasteiger partial charge in [-0.3, -0.25) is 14.8 Å². The van der Waals surface area contributed by atoms with Gasteiger partial charge in [-0.05, 0) is 13.3 Å². The number of nitrogens with zero attached hydrogens (tertiary/aromatic N) is 4. The Morgan fingerprint density at radius 3 is 2.80 bits per heavy atom. The fourth-order valence-corrected chi connectivity index (χ4v) is 1.50. The first-order valence-corrected chi connectivity index (χ1v) is 4.69. The molecule has 0 bridgehead atoms. The molecule has 0 aliphatic carbocycles. The molecule has 1 aromatic heterocycles. The van der Waals surface area contributed by atoms with Gasteiger partial charge in [-0.2, -0.15) is 10.4 Å². The van der Waals surface area contributed by atoms with Gasteiger partial charge in [-0.15, -0.1) is 0 Å². The summed E-state index contributed by atoms with van der Waals surface area (Å²) in [7, 11) is 0. The molecule has 6 nitrogen and oxygen atoms in total. The van der Waals surface area contributed by atoms with E-state index < -0.39 is 4.92 Å². The van der Waals surface area contributed by atoms with E-state index in [1.807, 2.05) is 13.0 Å². The molecule has 0 N–H and O–H groups in total. The average Bonchev–Trinajstić information content (AvgIpc) is 2.44. The molecule has 6 heteroatoms. The third-order valence-electron chi connectivity index (χ3n) is 2.06. The fraction of sp³-hybridized carbons (Fsp3) is 0.556. The molecule has 0 saturated heterocycles. The molecule has 0 aliphatic heterocycles. The maximum atomic E-state index is 10.8. The van der Waals surface area contributed by atoms with E-state index in [-0.39, 0.29) is 12.1 Å². The number of rotatable bonds is 4. The van der Waals surface area contributed by atoms with Crippen LogP contribution >= 0.6 is 0 Å². The minimum atomic E-state index is -0.471. The van der Waals surface area contributed by atoms with Crippen LogP contribution < -0.4 is 0 Å². The fourth-order valence-electron chi connectivity index (χ4n) is 1.50. The van der Waals surface area contributed by atoms with Crippen LogP contribution in [0.15, 0.2) is 0 Å². The van der Waals surface area contributed by atoms with Crippen molar-refractivity contribution in [2.75, 3.05) is 0 Å². The van der Waals surface area contributed by atoms with Crippen molar-refractivity contribution in [1.29, 1.82) is 5.26 Å². The summed E-state index contributed by atoms with van der Waals surface area (Å²) in [6.07, 6.45) is 0.855. The molecule has 1 aromatic rings. The van der Waals surface area contributed by atoms with E-state index in [4.69, 9.17) is 5.26 Å². The molecular weight excluding hydrogens is 196 g/mol. The molecule has 1 heterocycles. The predicted molar refractivity (Wildman–Crippen MR) is 53.2 cm³/mol. The topological polar surface area (TPSA) is 84.8 Å². The van der Waals surface area contributed by atoms with Gasteiger partial charge in [0.2, 0.25) is 0 Å². The molecule has 0 amide bonds. The summed E-state index contributed by atoms with van der Waals surface area (Å²) in [6.45, 7) is 4.15. The normalized spacial score (nSPS) is 9.93. The second kappa shape index (κ2) is 4.55. The molecular formula is C9H12N4O2. The van der Waals surface area contributed by atoms with Crippen molar-refractivity contribution in [3.05, 3.63) is 21.5 Å². The maximum Gasteiger partial charge on any atom is 0.314 e. The first-order valence-electron chi connectivity index (χ1n) is 4.69. The number of aromatic nitrogens is 2. The molecule has 0 atom stereocenters. The Bertz CT molecular complexity index is 416. The van der Waals surface area contributed by atoms with Gasteiger partial charge < -0.3 is 0 Å². The van der Waals surface area contributed by atoms with Crippen molar-refractivity contribution >= 4 is 5.69 Å². The number of aryl methyl sites for hydroxylation is 2. The van der Waals surface area contributed by atoms with Gasteiger partial charge in [0, 0.05) is 6.54 Å². The van der Waals surface area contributed by atoms with Crippen LogP contribution in [0, 0.1) is 28.4 Å². The highest BCUT2D eigenvalue weighted by atomic mass is 16.6. The van der Waals surface area contributed by atoms with E-state index in [1.165, 1.54) is 0 Å². The zero-order valence-corrected chi connectivity index (χ0v) is 8.73.